The third-order valence-corrected chi connectivity index (χ3v) is 3.15. The number of anilines is 1. The van der Waals surface area contributed by atoms with Crippen molar-refractivity contribution >= 4 is 17.5 Å². The molecule has 0 aromatic carbocycles. The summed E-state index contributed by atoms with van der Waals surface area (Å²) in [7, 11) is 1.50. The van der Waals surface area contributed by atoms with Gasteiger partial charge in [0.2, 0.25) is 11.2 Å². The molecular formula is C12H21ClN4O. The van der Waals surface area contributed by atoms with Crippen molar-refractivity contribution in [1.29, 1.82) is 0 Å². The minimum absolute atomic E-state index is 0.134. The standard InChI is InChI=1S/C12H21ClN4O/c1-7(2)9(8(3)4)6-14-11-15-10(13)16-12(17-11)18-5/h7-9H,6H2,1-5H3,(H,14,15,16,17). The van der Waals surface area contributed by atoms with E-state index in [0.717, 1.165) is 6.54 Å². The van der Waals surface area contributed by atoms with Crippen LogP contribution in [0.15, 0.2) is 0 Å². The van der Waals surface area contributed by atoms with E-state index in [1.54, 1.807) is 0 Å². The molecule has 1 aromatic rings. The zero-order valence-electron chi connectivity index (χ0n) is 11.6. The van der Waals surface area contributed by atoms with Crippen LogP contribution < -0.4 is 10.1 Å². The van der Waals surface area contributed by atoms with Crippen LogP contribution in [0.5, 0.6) is 6.01 Å². The first-order chi connectivity index (χ1) is 8.43. The molecule has 18 heavy (non-hydrogen) atoms. The average Bonchev–Trinajstić information content (AvgIpc) is 2.27. The zero-order valence-corrected chi connectivity index (χ0v) is 12.3. The van der Waals surface area contributed by atoms with E-state index in [2.05, 4.69) is 48.0 Å². The van der Waals surface area contributed by atoms with Crippen LogP contribution in [0.3, 0.4) is 0 Å². The van der Waals surface area contributed by atoms with Gasteiger partial charge in [-0.25, -0.2) is 0 Å². The van der Waals surface area contributed by atoms with Gasteiger partial charge in [-0.15, -0.1) is 0 Å². The van der Waals surface area contributed by atoms with Gasteiger partial charge in [0, 0.05) is 6.54 Å². The third kappa shape index (κ3) is 4.29. The molecule has 0 spiro atoms. The monoisotopic (exact) mass is 272 g/mol. The van der Waals surface area contributed by atoms with E-state index >= 15 is 0 Å². The highest BCUT2D eigenvalue weighted by atomic mass is 35.5. The van der Waals surface area contributed by atoms with Crippen LogP contribution in [-0.2, 0) is 0 Å². The molecule has 0 aliphatic carbocycles. The Hall–Kier alpha value is -1.10. The van der Waals surface area contributed by atoms with Crippen molar-refractivity contribution in [2.75, 3.05) is 19.0 Å². The fourth-order valence-corrected chi connectivity index (χ4v) is 2.10. The molecule has 1 aromatic heterocycles. The van der Waals surface area contributed by atoms with Gasteiger partial charge < -0.3 is 10.1 Å². The number of methoxy groups -OCH3 is 1. The molecule has 0 atom stereocenters. The van der Waals surface area contributed by atoms with Gasteiger partial charge in [-0.3, -0.25) is 0 Å². The molecule has 0 unspecified atom stereocenters. The molecule has 0 saturated carbocycles. The molecule has 1 N–H and O–H groups in total. The lowest BCUT2D eigenvalue weighted by molar-refractivity contribution is 0.303. The molecule has 1 heterocycles. The van der Waals surface area contributed by atoms with Crippen LogP contribution in [0.25, 0.3) is 0 Å². The number of hydrogen-bond donors (Lipinski definition) is 1. The summed E-state index contributed by atoms with van der Waals surface area (Å²) in [5.74, 6) is 2.19. The fraction of sp³-hybridized carbons (Fsp3) is 0.750. The zero-order chi connectivity index (χ0) is 13.7. The molecular weight excluding hydrogens is 252 g/mol. The average molecular weight is 273 g/mol. The summed E-state index contributed by atoms with van der Waals surface area (Å²) in [6, 6.07) is 0.225. The minimum atomic E-state index is 0.134. The van der Waals surface area contributed by atoms with E-state index < -0.39 is 0 Å². The van der Waals surface area contributed by atoms with E-state index in [1.807, 2.05) is 0 Å². The van der Waals surface area contributed by atoms with Crippen molar-refractivity contribution in [3.05, 3.63) is 5.28 Å². The Bertz CT molecular complexity index is 376. The lowest BCUT2D eigenvalue weighted by atomic mass is 9.85. The molecule has 1 rings (SSSR count). The van der Waals surface area contributed by atoms with E-state index in [1.165, 1.54) is 7.11 Å². The van der Waals surface area contributed by atoms with E-state index in [0.29, 0.717) is 23.7 Å². The molecule has 0 bridgehead atoms. The second-order valence-electron chi connectivity index (χ2n) is 4.95. The van der Waals surface area contributed by atoms with Gasteiger partial charge in [0.15, 0.2) is 0 Å². The number of halogens is 1. The summed E-state index contributed by atoms with van der Waals surface area (Å²) in [5, 5.41) is 3.33. The van der Waals surface area contributed by atoms with Crippen LogP contribution in [0, 0.1) is 17.8 Å². The largest absolute Gasteiger partial charge is 0.467 e. The SMILES string of the molecule is COc1nc(Cl)nc(NCC(C(C)C)C(C)C)n1. The molecule has 6 heteroatoms. The number of hydrogen-bond acceptors (Lipinski definition) is 5. The van der Waals surface area contributed by atoms with E-state index in [9.17, 15) is 0 Å². The Morgan fingerprint density at radius 1 is 1.11 bits per heavy atom. The van der Waals surface area contributed by atoms with Gasteiger partial charge >= 0.3 is 6.01 Å². The van der Waals surface area contributed by atoms with Gasteiger partial charge in [-0.1, -0.05) is 27.7 Å². The van der Waals surface area contributed by atoms with Gasteiger partial charge in [0.05, 0.1) is 7.11 Å². The number of aromatic nitrogens is 3. The smallest absolute Gasteiger partial charge is 0.322 e. The predicted molar refractivity (Wildman–Crippen MR) is 73.0 cm³/mol. The van der Waals surface area contributed by atoms with Crippen LogP contribution in [0.2, 0.25) is 5.28 Å². The molecule has 5 nitrogen and oxygen atoms in total. The van der Waals surface area contributed by atoms with Crippen molar-refractivity contribution < 1.29 is 4.74 Å². The summed E-state index contributed by atoms with van der Waals surface area (Å²) in [5.41, 5.74) is 0. The van der Waals surface area contributed by atoms with Gasteiger partial charge in [0.25, 0.3) is 0 Å². The second kappa shape index (κ2) is 6.73. The normalized spacial score (nSPS) is 11.4. The van der Waals surface area contributed by atoms with E-state index in [-0.39, 0.29) is 11.3 Å². The molecule has 0 fully saturated rings. The first-order valence-electron chi connectivity index (χ1n) is 6.13. The molecule has 0 amide bonds. The number of ether oxygens (including phenoxy) is 1. The maximum atomic E-state index is 5.79. The van der Waals surface area contributed by atoms with Crippen LogP contribution in [-0.4, -0.2) is 28.6 Å². The predicted octanol–water partition coefficient (Wildman–Crippen LogP) is 2.87. The maximum absolute atomic E-state index is 5.79. The number of nitrogens with zero attached hydrogens (tertiary/aromatic N) is 3. The lowest BCUT2D eigenvalue weighted by Gasteiger charge is -2.24. The Balaban J connectivity index is 2.70. The highest BCUT2D eigenvalue weighted by Gasteiger charge is 2.17. The summed E-state index contributed by atoms with van der Waals surface area (Å²) in [6.45, 7) is 9.67. The van der Waals surface area contributed by atoms with Gasteiger partial charge in [-0.2, -0.15) is 15.0 Å². The molecule has 0 aliphatic rings. The van der Waals surface area contributed by atoms with Crippen LogP contribution in [0.1, 0.15) is 27.7 Å². The molecule has 0 aliphatic heterocycles. The second-order valence-corrected chi connectivity index (χ2v) is 5.29. The highest BCUT2D eigenvalue weighted by Crippen LogP contribution is 2.21. The van der Waals surface area contributed by atoms with Crippen LogP contribution in [0.4, 0.5) is 5.95 Å². The fourth-order valence-electron chi connectivity index (χ4n) is 1.95. The molecule has 0 saturated heterocycles. The minimum Gasteiger partial charge on any atom is -0.467 e. The summed E-state index contributed by atoms with van der Waals surface area (Å²) < 4.78 is 4.95. The van der Waals surface area contributed by atoms with Crippen molar-refractivity contribution in [3.63, 3.8) is 0 Å². The van der Waals surface area contributed by atoms with Crippen molar-refractivity contribution in [2.24, 2.45) is 17.8 Å². The Morgan fingerprint density at radius 3 is 2.22 bits per heavy atom. The lowest BCUT2D eigenvalue weighted by Crippen LogP contribution is -2.25. The quantitative estimate of drug-likeness (QED) is 0.863. The Kier molecular flexibility index (Phi) is 5.59. The highest BCUT2D eigenvalue weighted by molar-refractivity contribution is 6.28. The van der Waals surface area contributed by atoms with Gasteiger partial charge in [0.1, 0.15) is 0 Å². The van der Waals surface area contributed by atoms with Crippen molar-refractivity contribution in [3.8, 4) is 6.01 Å². The molecule has 0 radical (unpaired) electrons. The maximum Gasteiger partial charge on any atom is 0.322 e. The van der Waals surface area contributed by atoms with Crippen molar-refractivity contribution in [2.45, 2.75) is 27.7 Å². The summed E-state index contributed by atoms with van der Waals surface area (Å²) in [4.78, 5) is 12.0. The summed E-state index contributed by atoms with van der Waals surface area (Å²) >= 11 is 5.79. The number of nitrogens with one attached hydrogen (secondary N) is 1. The third-order valence-electron chi connectivity index (χ3n) is 2.98. The van der Waals surface area contributed by atoms with Crippen molar-refractivity contribution in [1.82, 2.24) is 15.0 Å². The van der Waals surface area contributed by atoms with Crippen LogP contribution >= 0.6 is 11.6 Å². The topological polar surface area (TPSA) is 59.9 Å². The molecule has 102 valence electrons. The first-order valence-corrected chi connectivity index (χ1v) is 6.51. The number of rotatable bonds is 6. The van der Waals surface area contributed by atoms with Gasteiger partial charge in [-0.05, 0) is 29.4 Å². The first kappa shape index (κ1) is 15.0. The van der Waals surface area contributed by atoms with E-state index in [4.69, 9.17) is 16.3 Å². The Labute approximate surface area is 113 Å². The summed E-state index contributed by atoms with van der Waals surface area (Å²) in [6.07, 6.45) is 0. The Morgan fingerprint density at radius 2 is 1.72 bits per heavy atom.